The second-order valence-corrected chi connectivity index (χ2v) is 5.88. The Morgan fingerprint density at radius 2 is 2.05 bits per heavy atom. The monoisotopic (exact) mass is 289 g/mol. The predicted molar refractivity (Wildman–Crippen MR) is 77.3 cm³/mol. The normalized spacial score (nSPS) is 12.4. The highest BCUT2D eigenvalue weighted by molar-refractivity contribution is 7.98. The number of thioether (sulfide) groups is 1. The number of hydrogen-bond acceptors (Lipinski definition) is 5. The third-order valence-corrected chi connectivity index (χ3v) is 2.57. The van der Waals surface area contributed by atoms with Gasteiger partial charge >= 0.3 is 12.1 Å². The molecule has 0 aliphatic heterocycles. The molecule has 1 amide bonds. The first kappa shape index (κ1) is 17.8. The van der Waals surface area contributed by atoms with Crippen molar-refractivity contribution < 1.29 is 19.1 Å². The van der Waals surface area contributed by atoms with Crippen LogP contribution >= 0.6 is 11.8 Å². The van der Waals surface area contributed by atoms with Gasteiger partial charge in [-0.1, -0.05) is 12.7 Å². The molecular formula is C13H23NO4S. The Bertz CT molecular complexity index is 312. The van der Waals surface area contributed by atoms with Crippen LogP contribution in [0.15, 0.2) is 12.7 Å². The van der Waals surface area contributed by atoms with Crippen LogP contribution < -0.4 is 5.32 Å². The first-order valence-corrected chi connectivity index (χ1v) is 7.45. The van der Waals surface area contributed by atoms with Crippen LogP contribution in [0.3, 0.4) is 0 Å². The first-order chi connectivity index (χ1) is 8.80. The molecule has 6 heteroatoms. The zero-order valence-electron chi connectivity index (χ0n) is 12.0. The van der Waals surface area contributed by atoms with Gasteiger partial charge in [-0.05, 0) is 39.2 Å². The SMILES string of the molecule is C=CCOC(=O)[C@H](CCSC)NC(=O)OC(C)(C)C. The number of carbonyl (C=O) groups excluding carboxylic acids is 2. The van der Waals surface area contributed by atoms with E-state index in [1.54, 1.807) is 32.5 Å². The molecule has 0 spiro atoms. The van der Waals surface area contributed by atoms with Crippen molar-refractivity contribution in [3.05, 3.63) is 12.7 Å². The molecule has 0 aliphatic rings. The van der Waals surface area contributed by atoms with E-state index in [1.165, 1.54) is 6.08 Å². The molecule has 0 radical (unpaired) electrons. The molecule has 110 valence electrons. The van der Waals surface area contributed by atoms with Crippen LogP contribution in [0.2, 0.25) is 0 Å². The van der Waals surface area contributed by atoms with Gasteiger partial charge in [-0.25, -0.2) is 9.59 Å². The predicted octanol–water partition coefficient (Wildman–Crippen LogP) is 2.36. The van der Waals surface area contributed by atoms with Crippen LogP contribution in [0.4, 0.5) is 4.79 Å². The van der Waals surface area contributed by atoms with Gasteiger partial charge < -0.3 is 14.8 Å². The highest BCUT2D eigenvalue weighted by Crippen LogP contribution is 2.08. The summed E-state index contributed by atoms with van der Waals surface area (Å²) in [4.78, 5) is 23.4. The molecule has 0 aromatic rings. The zero-order valence-corrected chi connectivity index (χ0v) is 12.8. The van der Waals surface area contributed by atoms with Crippen molar-refractivity contribution in [3.63, 3.8) is 0 Å². The Kier molecular flexibility index (Phi) is 8.30. The largest absolute Gasteiger partial charge is 0.460 e. The van der Waals surface area contributed by atoms with E-state index in [0.717, 1.165) is 5.75 Å². The van der Waals surface area contributed by atoms with Gasteiger partial charge in [0.1, 0.15) is 18.2 Å². The lowest BCUT2D eigenvalue weighted by molar-refractivity contribution is -0.144. The van der Waals surface area contributed by atoms with Gasteiger partial charge in [-0.15, -0.1) is 0 Å². The maximum atomic E-state index is 11.8. The van der Waals surface area contributed by atoms with Crippen molar-refractivity contribution in [2.24, 2.45) is 0 Å². The van der Waals surface area contributed by atoms with Crippen molar-refractivity contribution in [3.8, 4) is 0 Å². The maximum Gasteiger partial charge on any atom is 0.408 e. The lowest BCUT2D eigenvalue weighted by Gasteiger charge is -2.22. The zero-order chi connectivity index (χ0) is 14.9. The number of alkyl carbamates (subject to hydrolysis) is 1. The minimum Gasteiger partial charge on any atom is -0.460 e. The summed E-state index contributed by atoms with van der Waals surface area (Å²) in [6.07, 6.45) is 3.29. The molecule has 0 aromatic carbocycles. The van der Waals surface area contributed by atoms with Crippen molar-refractivity contribution in [2.45, 2.75) is 38.8 Å². The van der Waals surface area contributed by atoms with Gasteiger partial charge in [0, 0.05) is 0 Å². The molecule has 0 saturated carbocycles. The highest BCUT2D eigenvalue weighted by Gasteiger charge is 2.24. The number of rotatable bonds is 7. The van der Waals surface area contributed by atoms with E-state index in [0.29, 0.717) is 6.42 Å². The number of amides is 1. The maximum absolute atomic E-state index is 11.8. The molecule has 0 aromatic heterocycles. The minimum atomic E-state index is -0.692. The third-order valence-electron chi connectivity index (χ3n) is 1.93. The molecule has 0 unspecified atom stereocenters. The lowest BCUT2D eigenvalue weighted by Crippen LogP contribution is -2.44. The van der Waals surface area contributed by atoms with Gasteiger partial charge in [-0.3, -0.25) is 0 Å². The minimum absolute atomic E-state index is 0.130. The van der Waals surface area contributed by atoms with Crippen LogP contribution in [0.5, 0.6) is 0 Å². The standard InChI is InChI=1S/C13H23NO4S/c1-6-8-17-11(15)10(7-9-19-5)14-12(16)18-13(2,3)4/h6,10H,1,7-9H2,2-5H3,(H,14,16)/t10-/m0/s1. The number of esters is 1. The molecule has 0 bridgehead atoms. The molecule has 5 nitrogen and oxygen atoms in total. The van der Waals surface area contributed by atoms with Crippen LogP contribution in [0.1, 0.15) is 27.2 Å². The van der Waals surface area contributed by atoms with Gasteiger partial charge in [-0.2, -0.15) is 11.8 Å². The summed E-state index contributed by atoms with van der Waals surface area (Å²) >= 11 is 1.59. The number of nitrogens with one attached hydrogen (secondary N) is 1. The van der Waals surface area contributed by atoms with E-state index < -0.39 is 23.7 Å². The van der Waals surface area contributed by atoms with Crippen molar-refractivity contribution in [2.75, 3.05) is 18.6 Å². The fourth-order valence-electron chi connectivity index (χ4n) is 1.18. The average molecular weight is 289 g/mol. The highest BCUT2D eigenvalue weighted by atomic mass is 32.2. The summed E-state index contributed by atoms with van der Waals surface area (Å²) in [7, 11) is 0. The van der Waals surface area contributed by atoms with Crippen molar-refractivity contribution in [1.29, 1.82) is 0 Å². The van der Waals surface area contributed by atoms with Crippen LogP contribution in [0, 0.1) is 0 Å². The molecule has 1 N–H and O–H groups in total. The molecular weight excluding hydrogens is 266 g/mol. The molecule has 0 saturated heterocycles. The number of hydrogen-bond donors (Lipinski definition) is 1. The summed E-state index contributed by atoms with van der Waals surface area (Å²) in [5, 5.41) is 2.53. The summed E-state index contributed by atoms with van der Waals surface area (Å²) in [6, 6.07) is -0.692. The molecule has 0 rings (SSSR count). The van der Waals surface area contributed by atoms with Gasteiger partial charge in [0.25, 0.3) is 0 Å². The Hall–Kier alpha value is -1.17. The van der Waals surface area contributed by atoms with Gasteiger partial charge in [0.15, 0.2) is 0 Å². The fourth-order valence-corrected chi connectivity index (χ4v) is 1.65. The van der Waals surface area contributed by atoms with E-state index in [4.69, 9.17) is 9.47 Å². The van der Waals surface area contributed by atoms with Crippen LogP contribution in [-0.4, -0.2) is 42.3 Å². The fraction of sp³-hybridized carbons (Fsp3) is 0.692. The smallest absolute Gasteiger partial charge is 0.408 e. The topological polar surface area (TPSA) is 64.6 Å². The van der Waals surface area contributed by atoms with E-state index >= 15 is 0 Å². The quantitative estimate of drug-likeness (QED) is 0.576. The number of ether oxygens (including phenoxy) is 2. The van der Waals surface area contributed by atoms with Crippen molar-refractivity contribution >= 4 is 23.8 Å². The second-order valence-electron chi connectivity index (χ2n) is 4.90. The lowest BCUT2D eigenvalue weighted by atomic mass is 10.2. The van der Waals surface area contributed by atoms with Crippen molar-refractivity contribution in [1.82, 2.24) is 5.32 Å². The summed E-state index contributed by atoms with van der Waals surface area (Å²) in [5.41, 5.74) is -0.598. The van der Waals surface area contributed by atoms with E-state index in [2.05, 4.69) is 11.9 Å². The van der Waals surface area contributed by atoms with Crippen LogP contribution in [-0.2, 0) is 14.3 Å². The molecule has 0 aliphatic carbocycles. The first-order valence-electron chi connectivity index (χ1n) is 6.06. The molecule has 0 heterocycles. The third kappa shape index (κ3) is 9.41. The van der Waals surface area contributed by atoms with E-state index in [9.17, 15) is 9.59 Å². The Balaban J connectivity index is 4.44. The van der Waals surface area contributed by atoms with Gasteiger partial charge in [0.2, 0.25) is 0 Å². The van der Waals surface area contributed by atoms with E-state index in [1.807, 2.05) is 6.26 Å². The van der Waals surface area contributed by atoms with Crippen LogP contribution in [0.25, 0.3) is 0 Å². The Labute approximate surface area is 119 Å². The average Bonchev–Trinajstić information content (AvgIpc) is 2.29. The van der Waals surface area contributed by atoms with E-state index in [-0.39, 0.29) is 6.61 Å². The summed E-state index contributed by atoms with van der Waals surface area (Å²) in [5.74, 6) is 0.267. The number of carbonyl (C=O) groups is 2. The molecule has 1 atom stereocenters. The Morgan fingerprint density at radius 1 is 1.42 bits per heavy atom. The summed E-state index contributed by atoms with van der Waals surface area (Å²) < 4.78 is 10.1. The van der Waals surface area contributed by atoms with Gasteiger partial charge in [0.05, 0.1) is 0 Å². The summed E-state index contributed by atoms with van der Waals surface area (Å²) in [6.45, 7) is 8.89. The Morgan fingerprint density at radius 3 is 2.53 bits per heavy atom. The molecule has 19 heavy (non-hydrogen) atoms. The second kappa shape index (κ2) is 8.85. The molecule has 0 fully saturated rings.